The summed E-state index contributed by atoms with van der Waals surface area (Å²) < 4.78 is 15.7. The minimum absolute atomic E-state index is 0.255. The molecule has 25 heavy (non-hydrogen) atoms. The first kappa shape index (κ1) is 16.0. The predicted octanol–water partition coefficient (Wildman–Crippen LogP) is 3.34. The van der Waals surface area contributed by atoms with E-state index in [1.54, 1.807) is 12.1 Å². The SMILES string of the molecule is CCC(O)c1cc2n(n1)CCN(c1cc(C)nc3ccc(F)cc13)C2. The van der Waals surface area contributed by atoms with E-state index in [1.165, 1.54) is 6.07 Å². The fourth-order valence-electron chi connectivity index (χ4n) is 3.44. The normalized spacial score (nSPS) is 15.4. The van der Waals surface area contributed by atoms with Crippen LogP contribution in [0.4, 0.5) is 10.1 Å². The molecule has 3 aromatic rings. The van der Waals surface area contributed by atoms with Gasteiger partial charge >= 0.3 is 0 Å². The molecule has 1 unspecified atom stereocenters. The zero-order valence-electron chi connectivity index (χ0n) is 14.4. The Morgan fingerprint density at radius 1 is 1.24 bits per heavy atom. The van der Waals surface area contributed by atoms with Gasteiger partial charge < -0.3 is 10.0 Å². The van der Waals surface area contributed by atoms with Crippen LogP contribution in [0.3, 0.4) is 0 Å². The highest BCUT2D eigenvalue weighted by Crippen LogP contribution is 2.30. The highest BCUT2D eigenvalue weighted by atomic mass is 19.1. The fraction of sp³-hybridized carbons (Fsp3) is 0.368. The monoisotopic (exact) mass is 340 g/mol. The lowest BCUT2D eigenvalue weighted by molar-refractivity contribution is 0.168. The van der Waals surface area contributed by atoms with Gasteiger partial charge in [-0.2, -0.15) is 5.10 Å². The van der Waals surface area contributed by atoms with Gasteiger partial charge in [-0.15, -0.1) is 0 Å². The van der Waals surface area contributed by atoms with Gasteiger partial charge in [0.2, 0.25) is 0 Å². The van der Waals surface area contributed by atoms with E-state index in [4.69, 9.17) is 0 Å². The van der Waals surface area contributed by atoms with Crippen LogP contribution in [0, 0.1) is 12.7 Å². The van der Waals surface area contributed by atoms with E-state index in [0.29, 0.717) is 13.0 Å². The lowest BCUT2D eigenvalue weighted by Gasteiger charge is -2.30. The van der Waals surface area contributed by atoms with Crippen molar-refractivity contribution in [3.63, 3.8) is 0 Å². The van der Waals surface area contributed by atoms with Crippen LogP contribution in [0.5, 0.6) is 0 Å². The Morgan fingerprint density at radius 2 is 2.08 bits per heavy atom. The molecule has 0 aliphatic carbocycles. The van der Waals surface area contributed by atoms with E-state index in [-0.39, 0.29) is 5.82 Å². The molecule has 2 aromatic heterocycles. The van der Waals surface area contributed by atoms with E-state index in [2.05, 4.69) is 15.0 Å². The van der Waals surface area contributed by atoms with Crippen LogP contribution in [-0.2, 0) is 13.1 Å². The molecule has 0 amide bonds. The Balaban J connectivity index is 1.73. The average molecular weight is 340 g/mol. The third kappa shape index (κ3) is 2.87. The Labute approximate surface area is 145 Å². The predicted molar refractivity (Wildman–Crippen MR) is 95.0 cm³/mol. The van der Waals surface area contributed by atoms with Crippen molar-refractivity contribution in [3.8, 4) is 0 Å². The summed E-state index contributed by atoms with van der Waals surface area (Å²) in [7, 11) is 0. The van der Waals surface area contributed by atoms with Gasteiger partial charge in [0.05, 0.1) is 36.1 Å². The standard InChI is InChI=1S/C19H21FN4O/c1-3-19(25)17-10-14-11-23(6-7-24(14)22-17)18-8-12(2)21-16-5-4-13(20)9-15(16)18/h4-5,8-10,19,25H,3,6-7,11H2,1-2H3. The average Bonchev–Trinajstić information content (AvgIpc) is 3.04. The van der Waals surface area contributed by atoms with E-state index >= 15 is 0 Å². The highest BCUT2D eigenvalue weighted by Gasteiger charge is 2.22. The molecule has 0 saturated carbocycles. The maximum Gasteiger partial charge on any atom is 0.124 e. The minimum atomic E-state index is -0.523. The summed E-state index contributed by atoms with van der Waals surface area (Å²) in [6.45, 7) is 6.10. The summed E-state index contributed by atoms with van der Waals surface area (Å²) in [5, 5.41) is 15.4. The first-order valence-corrected chi connectivity index (χ1v) is 8.61. The zero-order valence-corrected chi connectivity index (χ0v) is 14.4. The molecule has 0 bridgehead atoms. The molecule has 4 rings (SSSR count). The minimum Gasteiger partial charge on any atom is -0.387 e. The van der Waals surface area contributed by atoms with Crippen molar-refractivity contribution in [1.29, 1.82) is 0 Å². The lowest BCUT2D eigenvalue weighted by atomic mass is 10.1. The molecule has 5 nitrogen and oxygen atoms in total. The quantitative estimate of drug-likeness (QED) is 0.794. The Morgan fingerprint density at radius 3 is 2.88 bits per heavy atom. The third-order valence-electron chi connectivity index (χ3n) is 4.76. The molecular weight excluding hydrogens is 319 g/mol. The second-order valence-corrected chi connectivity index (χ2v) is 6.57. The van der Waals surface area contributed by atoms with Crippen LogP contribution in [0.2, 0.25) is 0 Å². The summed E-state index contributed by atoms with van der Waals surface area (Å²) in [6, 6.07) is 8.70. The first-order chi connectivity index (χ1) is 12.0. The van der Waals surface area contributed by atoms with Gasteiger partial charge in [0, 0.05) is 23.3 Å². The van der Waals surface area contributed by atoms with Crippen LogP contribution in [-0.4, -0.2) is 26.4 Å². The largest absolute Gasteiger partial charge is 0.387 e. The Kier molecular flexibility index (Phi) is 3.92. The molecule has 1 aliphatic heterocycles. The number of benzene rings is 1. The number of anilines is 1. The topological polar surface area (TPSA) is 54.2 Å². The molecule has 6 heteroatoms. The van der Waals surface area contributed by atoms with Crippen LogP contribution >= 0.6 is 0 Å². The second kappa shape index (κ2) is 6.11. The summed E-state index contributed by atoms with van der Waals surface area (Å²) in [5.74, 6) is -0.255. The Bertz CT molecular complexity index is 937. The van der Waals surface area contributed by atoms with Gasteiger partial charge in [0.1, 0.15) is 5.82 Å². The smallest absolute Gasteiger partial charge is 0.124 e. The summed E-state index contributed by atoms with van der Waals surface area (Å²) in [6.07, 6.45) is 0.123. The van der Waals surface area contributed by atoms with Crippen LogP contribution in [0.25, 0.3) is 10.9 Å². The molecule has 1 aliphatic rings. The van der Waals surface area contributed by atoms with Gasteiger partial charge in [0.15, 0.2) is 0 Å². The highest BCUT2D eigenvalue weighted by molar-refractivity contribution is 5.92. The van der Waals surface area contributed by atoms with Crippen molar-refractivity contribution in [2.75, 3.05) is 11.4 Å². The summed E-state index contributed by atoms with van der Waals surface area (Å²) >= 11 is 0. The number of aliphatic hydroxyl groups is 1. The molecule has 0 radical (unpaired) electrons. The second-order valence-electron chi connectivity index (χ2n) is 6.57. The van der Waals surface area contributed by atoms with Crippen molar-refractivity contribution in [2.24, 2.45) is 0 Å². The fourth-order valence-corrected chi connectivity index (χ4v) is 3.44. The van der Waals surface area contributed by atoms with Crippen molar-refractivity contribution < 1.29 is 9.50 Å². The molecule has 130 valence electrons. The lowest BCUT2D eigenvalue weighted by Crippen LogP contribution is -2.34. The van der Waals surface area contributed by atoms with Crippen LogP contribution in [0.15, 0.2) is 30.3 Å². The van der Waals surface area contributed by atoms with Gasteiger partial charge in [-0.1, -0.05) is 6.92 Å². The molecule has 0 saturated heterocycles. The molecule has 1 aromatic carbocycles. The number of aliphatic hydroxyl groups excluding tert-OH is 1. The summed E-state index contributed by atoms with van der Waals surface area (Å²) in [5.41, 5.74) is 4.49. The van der Waals surface area contributed by atoms with E-state index < -0.39 is 6.10 Å². The van der Waals surface area contributed by atoms with Crippen molar-refractivity contribution >= 4 is 16.6 Å². The third-order valence-corrected chi connectivity index (χ3v) is 4.76. The number of halogens is 1. The molecule has 3 heterocycles. The molecule has 1 N–H and O–H groups in total. The zero-order chi connectivity index (χ0) is 17.6. The first-order valence-electron chi connectivity index (χ1n) is 8.61. The van der Waals surface area contributed by atoms with E-state index in [1.807, 2.05) is 30.7 Å². The van der Waals surface area contributed by atoms with Crippen molar-refractivity contribution in [2.45, 2.75) is 39.5 Å². The maximum absolute atomic E-state index is 13.8. The van der Waals surface area contributed by atoms with Gasteiger partial charge in [-0.25, -0.2) is 4.39 Å². The van der Waals surface area contributed by atoms with Gasteiger partial charge in [-0.3, -0.25) is 9.67 Å². The number of fused-ring (bicyclic) bond motifs is 2. The van der Waals surface area contributed by atoms with Crippen molar-refractivity contribution in [1.82, 2.24) is 14.8 Å². The number of hydrogen-bond acceptors (Lipinski definition) is 4. The van der Waals surface area contributed by atoms with Crippen LogP contribution < -0.4 is 4.90 Å². The Hall–Kier alpha value is -2.47. The van der Waals surface area contributed by atoms with Crippen LogP contribution in [0.1, 0.15) is 36.5 Å². The number of hydrogen-bond donors (Lipinski definition) is 1. The van der Waals surface area contributed by atoms with E-state index in [9.17, 15) is 9.50 Å². The molecule has 0 fully saturated rings. The van der Waals surface area contributed by atoms with Gasteiger partial charge in [0.25, 0.3) is 0 Å². The molecule has 1 atom stereocenters. The van der Waals surface area contributed by atoms with Crippen molar-refractivity contribution in [3.05, 3.63) is 53.2 Å². The number of aromatic nitrogens is 3. The summed E-state index contributed by atoms with van der Waals surface area (Å²) in [4.78, 5) is 6.74. The van der Waals surface area contributed by atoms with E-state index in [0.717, 1.165) is 46.8 Å². The maximum atomic E-state index is 13.8. The number of aryl methyl sites for hydroxylation is 1. The van der Waals surface area contributed by atoms with Gasteiger partial charge in [-0.05, 0) is 43.7 Å². The molecule has 0 spiro atoms. The number of rotatable bonds is 3. The number of pyridine rings is 1. The number of nitrogens with zero attached hydrogens (tertiary/aromatic N) is 4. The molecular formula is C19H21FN4O.